The van der Waals surface area contributed by atoms with E-state index in [1.54, 1.807) is 6.07 Å². The average Bonchev–Trinajstić information content (AvgIpc) is 2.85. The third kappa shape index (κ3) is 3.37. The van der Waals surface area contributed by atoms with Crippen LogP contribution in [0.25, 0.3) is 0 Å². The smallest absolute Gasteiger partial charge is 0.246 e. The van der Waals surface area contributed by atoms with Gasteiger partial charge in [-0.1, -0.05) is 11.8 Å². The van der Waals surface area contributed by atoms with Crippen molar-refractivity contribution in [3.8, 4) is 11.8 Å². The molecule has 0 aliphatic carbocycles. The zero-order chi connectivity index (χ0) is 14.5. The second kappa shape index (κ2) is 6.22. The van der Waals surface area contributed by atoms with Crippen molar-refractivity contribution in [1.29, 1.82) is 0 Å². The summed E-state index contributed by atoms with van der Waals surface area (Å²) in [6.45, 7) is 2.24. The summed E-state index contributed by atoms with van der Waals surface area (Å²) in [4.78, 5) is 23.1. The zero-order valence-electron chi connectivity index (χ0n) is 11.3. The summed E-state index contributed by atoms with van der Waals surface area (Å²) < 4.78 is 0. The summed E-state index contributed by atoms with van der Waals surface area (Å²) in [5, 5.41) is 5.44. The normalized spacial score (nSPS) is 17.1. The lowest BCUT2D eigenvalue weighted by Gasteiger charge is -2.11. The average molecular weight is 271 g/mol. The van der Waals surface area contributed by atoms with Gasteiger partial charge in [-0.05, 0) is 37.1 Å². The van der Waals surface area contributed by atoms with Gasteiger partial charge in [0.25, 0.3) is 0 Å². The van der Waals surface area contributed by atoms with E-state index in [0.29, 0.717) is 25.1 Å². The summed E-state index contributed by atoms with van der Waals surface area (Å²) in [5.74, 6) is 5.51. The van der Waals surface area contributed by atoms with Crippen LogP contribution in [0.2, 0.25) is 0 Å². The second-order valence-electron chi connectivity index (χ2n) is 4.68. The van der Waals surface area contributed by atoms with E-state index in [0.717, 1.165) is 11.1 Å². The third-order valence-electron chi connectivity index (χ3n) is 3.13. The van der Waals surface area contributed by atoms with E-state index >= 15 is 0 Å². The Hall–Kier alpha value is -2.32. The van der Waals surface area contributed by atoms with E-state index < -0.39 is 6.04 Å². The van der Waals surface area contributed by atoms with Crippen LogP contribution in [0.4, 0.5) is 5.69 Å². The Balaban J connectivity index is 2.05. The Morgan fingerprint density at radius 3 is 2.95 bits per heavy atom. The first-order valence-corrected chi connectivity index (χ1v) is 6.50. The number of amides is 2. The van der Waals surface area contributed by atoms with Crippen LogP contribution >= 0.6 is 0 Å². The molecule has 1 fully saturated rings. The molecule has 104 valence electrons. The van der Waals surface area contributed by atoms with Gasteiger partial charge in [0.1, 0.15) is 6.04 Å². The predicted octanol–water partition coefficient (Wildman–Crippen LogP) is 0.522. The van der Waals surface area contributed by atoms with Crippen LogP contribution in [-0.2, 0) is 9.59 Å². The van der Waals surface area contributed by atoms with Gasteiger partial charge in [-0.25, -0.2) is 0 Å². The summed E-state index contributed by atoms with van der Waals surface area (Å²) in [6.07, 6.45) is 0.953. The molecule has 1 aliphatic heterocycles. The van der Waals surface area contributed by atoms with Crippen LogP contribution in [0.1, 0.15) is 24.0 Å². The van der Waals surface area contributed by atoms with Gasteiger partial charge in [0, 0.05) is 17.7 Å². The van der Waals surface area contributed by atoms with Crippen molar-refractivity contribution in [3.05, 3.63) is 29.3 Å². The molecular formula is C15H17N3O2. The third-order valence-corrected chi connectivity index (χ3v) is 3.13. The number of nitrogens with one attached hydrogen (secondary N) is 2. The van der Waals surface area contributed by atoms with Crippen LogP contribution in [0, 0.1) is 18.8 Å². The number of carbonyl (C=O) groups is 2. The summed E-state index contributed by atoms with van der Waals surface area (Å²) in [5.41, 5.74) is 7.90. The van der Waals surface area contributed by atoms with Gasteiger partial charge in [-0.2, -0.15) is 0 Å². The molecule has 5 nitrogen and oxygen atoms in total. The molecule has 0 saturated carbocycles. The number of aryl methyl sites for hydroxylation is 1. The number of nitrogens with two attached hydrogens (primary N) is 1. The maximum atomic E-state index is 12.0. The van der Waals surface area contributed by atoms with Crippen LogP contribution in [-0.4, -0.2) is 24.4 Å². The Morgan fingerprint density at radius 2 is 2.35 bits per heavy atom. The number of carbonyl (C=O) groups excluding carboxylic acids is 2. The highest BCUT2D eigenvalue weighted by molar-refractivity contribution is 5.99. The van der Waals surface area contributed by atoms with E-state index in [1.807, 2.05) is 19.1 Å². The Kier molecular flexibility index (Phi) is 4.38. The van der Waals surface area contributed by atoms with Gasteiger partial charge in [0.15, 0.2) is 0 Å². The predicted molar refractivity (Wildman–Crippen MR) is 76.9 cm³/mol. The van der Waals surface area contributed by atoms with Crippen molar-refractivity contribution in [2.75, 3.05) is 11.9 Å². The maximum Gasteiger partial charge on any atom is 0.246 e. The molecule has 0 aromatic heterocycles. The monoisotopic (exact) mass is 271 g/mol. The van der Waals surface area contributed by atoms with Gasteiger partial charge in [0.2, 0.25) is 11.8 Å². The van der Waals surface area contributed by atoms with Crippen molar-refractivity contribution in [2.24, 2.45) is 5.73 Å². The molecule has 1 aromatic carbocycles. The molecular weight excluding hydrogens is 254 g/mol. The van der Waals surface area contributed by atoms with E-state index in [9.17, 15) is 9.59 Å². The van der Waals surface area contributed by atoms with Crippen LogP contribution < -0.4 is 16.4 Å². The van der Waals surface area contributed by atoms with E-state index in [-0.39, 0.29) is 11.8 Å². The number of anilines is 1. The van der Waals surface area contributed by atoms with E-state index in [2.05, 4.69) is 22.5 Å². The molecule has 1 saturated heterocycles. The lowest BCUT2D eigenvalue weighted by atomic mass is 10.1. The van der Waals surface area contributed by atoms with Gasteiger partial charge in [-0.15, -0.1) is 0 Å². The van der Waals surface area contributed by atoms with Gasteiger partial charge < -0.3 is 16.4 Å². The van der Waals surface area contributed by atoms with Crippen LogP contribution in [0.15, 0.2) is 18.2 Å². The van der Waals surface area contributed by atoms with Crippen molar-refractivity contribution < 1.29 is 9.59 Å². The second-order valence-corrected chi connectivity index (χ2v) is 4.68. The van der Waals surface area contributed by atoms with Gasteiger partial charge in [-0.3, -0.25) is 9.59 Å². The number of hydrogen-bond acceptors (Lipinski definition) is 3. The Labute approximate surface area is 117 Å². The molecule has 4 N–H and O–H groups in total. The summed E-state index contributed by atoms with van der Waals surface area (Å²) in [6, 6.07) is 5.07. The Morgan fingerprint density at radius 1 is 1.55 bits per heavy atom. The lowest BCUT2D eigenvalue weighted by Crippen LogP contribution is -2.37. The first kappa shape index (κ1) is 14.1. The molecule has 2 amide bonds. The molecule has 2 rings (SSSR count). The first-order chi connectivity index (χ1) is 9.60. The fourth-order valence-electron chi connectivity index (χ4n) is 2.07. The van der Waals surface area contributed by atoms with Gasteiger partial charge in [0.05, 0.1) is 6.54 Å². The van der Waals surface area contributed by atoms with Crippen LogP contribution in [0.3, 0.4) is 0 Å². The molecule has 20 heavy (non-hydrogen) atoms. The fourth-order valence-corrected chi connectivity index (χ4v) is 2.07. The minimum absolute atomic E-state index is 0.0752. The fraction of sp³-hybridized carbons (Fsp3) is 0.333. The molecule has 5 heteroatoms. The van der Waals surface area contributed by atoms with Crippen molar-refractivity contribution in [1.82, 2.24) is 5.32 Å². The number of benzene rings is 1. The molecule has 0 spiro atoms. The summed E-state index contributed by atoms with van der Waals surface area (Å²) >= 11 is 0. The summed E-state index contributed by atoms with van der Waals surface area (Å²) in [7, 11) is 0. The van der Waals surface area contributed by atoms with Crippen molar-refractivity contribution in [2.45, 2.75) is 25.8 Å². The van der Waals surface area contributed by atoms with Crippen LogP contribution in [0.5, 0.6) is 0 Å². The first-order valence-electron chi connectivity index (χ1n) is 6.50. The molecule has 1 heterocycles. The SMILES string of the molecule is Cc1cc(NC(=O)C2CCC(=O)N2)ccc1C#CCN. The number of rotatable bonds is 2. The molecule has 1 aromatic rings. The maximum absolute atomic E-state index is 12.0. The minimum atomic E-state index is -0.431. The molecule has 0 radical (unpaired) electrons. The van der Waals surface area contributed by atoms with E-state index in [1.165, 1.54) is 0 Å². The zero-order valence-corrected chi connectivity index (χ0v) is 11.3. The lowest BCUT2D eigenvalue weighted by molar-refractivity contribution is -0.122. The molecule has 1 unspecified atom stereocenters. The quantitative estimate of drug-likeness (QED) is 0.686. The topological polar surface area (TPSA) is 84.2 Å². The highest BCUT2D eigenvalue weighted by Gasteiger charge is 2.27. The highest BCUT2D eigenvalue weighted by atomic mass is 16.2. The molecule has 1 atom stereocenters. The molecule has 1 aliphatic rings. The van der Waals surface area contributed by atoms with Crippen molar-refractivity contribution >= 4 is 17.5 Å². The van der Waals surface area contributed by atoms with E-state index in [4.69, 9.17) is 5.73 Å². The minimum Gasteiger partial charge on any atom is -0.344 e. The largest absolute Gasteiger partial charge is 0.344 e. The molecule has 0 bridgehead atoms. The highest BCUT2D eigenvalue weighted by Crippen LogP contribution is 2.16. The standard InChI is InChI=1S/C15H17N3O2/c1-10-9-12(5-4-11(10)3-2-8-16)17-15(20)13-6-7-14(19)18-13/h4-5,9,13H,6-8,16H2,1H3,(H,17,20)(H,18,19). The number of hydrogen-bond donors (Lipinski definition) is 3. The van der Waals surface area contributed by atoms with Crippen molar-refractivity contribution in [3.63, 3.8) is 0 Å². The Bertz CT molecular complexity index is 599. The van der Waals surface area contributed by atoms with Gasteiger partial charge >= 0.3 is 0 Å².